The minimum Gasteiger partial charge on any atom is -0.340 e. The number of hydrogen-bond donors (Lipinski definition) is 2. The Kier molecular flexibility index (Phi) is 4.71. The summed E-state index contributed by atoms with van der Waals surface area (Å²) in [7, 11) is -1.81. The van der Waals surface area contributed by atoms with Gasteiger partial charge in [-0.25, -0.2) is 13.1 Å². The molecule has 0 atom stereocenters. The summed E-state index contributed by atoms with van der Waals surface area (Å²) in [6.07, 6.45) is 0. The van der Waals surface area contributed by atoms with E-state index in [9.17, 15) is 8.42 Å². The highest BCUT2D eigenvalue weighted by molar-refractivity contribution is 7.89. The van der Waals surface area contributed by atoms with E-state index in [0.717, 1.165) is 5.56 Å². The number of hydrogen-bond acceptors (Lipinski definition) is 6. The number of sulfonamides is 1. The summed E-state index contributed by atoms with van der Waals surface area (Å²) < 4.78 is 32.0. The lowest BCUT2D eigenvalue weighted by atomic mass is 10.1. The standard InChI is InChI=1S/C13H18N4O3S/c1-9-4-5-11(7-14-3)6-12(9)21(18,19)15-8-13-16-10(2)20-17-13/h4-6,14-15H,7-8H2,1-3H3. The molecule has 0 aliphatic rings. The molecule has 1 aromatic heterocycles. The molecule has 0 radical (unpaired) electrons. The van der Waals surface area contributed by atoms with E-state index >= 15 is 0 Å². The highest BCUT2D eigenvalue weighted by Crippen LogP contribution is 2.17. The van der Waals surface area contributed by atoms with Crippen molar-refractivity contribution < 1.29 is 12.9 Å². The van der Waals surface area contributed by atoms with Crippen LogP contribution in [0.25, 0.3) is 0 Å². The predicted octanol–water partition coefficient (Wildman–Crippen LogP) is 0.884. The molecule has 0 amide bonds. The Morgan fingerprint density at radius 1 is 1.24 bits per heavy atom. The van der Waals surface area contributed by atoms with Gasteiger partial charge in [0.1, 0.15) is 0 Å². The van der Waals surface area contributed by atoms with Crippen molar-refractivity contribution in [1.82, 2.24) is 20.2 Å². The van der Waals surface area contributed by atoms with Crippen LogP contribution in [0.15, 0.2) is 27.6 Å². The lowest BCUT2D eigenvalue weighted by Crippen LogP contribution is -2.25. The molecule has 114 valence electrons. The highest BCUT2D eigenvalue weighted by atomic mass is 32.2. The third-order valence-electron chi connectivity index (χ3n) is 2.91. The molecule has 1 aromatic carbocycles. The van der Waals surface area contributed by atoms with Crippen molar-refractivity contribution in [2.45, 2.75) is 31.8 Å². The van der Waals surface area contributed by atoms with Crippen molar-refractivity contribution in [2.75, 3.05) is 7.05 Å². The second-order valence-electron chi connectivity index (χ2n) is 4.68. The minimum absolute atomic E-state index is 0.00459. The van der Waals surface area contributed by atoms with Crippen molar-refractivity contribution in [3.05, 3.63) is 41.0 Å². The topological polar surface area (TPSA) is 97.1 Å². The molecule has 8 heteroatoms. The van der Waals surface area contributed by atoms with Gasteiger partial charge in [-0.05, 0) is 31.2 Å². The summed E-state index contributed by atoms with van der Waals surface area (Å²) in [5.74, 6) is 0.705. The zero-order chi connectivity index (χ0) is 15.5. The van der Waals surface area contributed by atoms with Crippen molar-refractivity contribution in [3.8, 4) is 0 Å². The molecule has 2 aromatic rings. The average molecular weight is 310 g/mol. The van der Waals surface area contributed by atoms with Crippen molar-refractivity contribution >= 4 is 10.0 Å². The molecule has 0 unspecified atom stereocenters. The van der Waals surface area contributed by atoms with E-state index in [0.29, 0.717) is 23.8 Å². The van der Waals surface area contributed by atoms with Gasteiger partial charge in [0, 0.05) is 13.5 Å². The summed E-state index contributed by atoms with van der Waals surface area (Å²) in [6.45, 7) is 4.01. The first-order chi connectivity index (χ1) is 9.92. The van der Waals surface area contributed by atoms with Crippen LogP contribution in [0, 0.1) is 13.8 Å². The van der Waals surface area contributed by atoms with Gasteiger partial charge in [0.2, 0.25) is 15.9 Å². The maximum absolute atomic E-state index is 12.4. The minimum atomic E-state index is -3.62. The summed E-state index contributed by atoms with van der Waals surface area (Å²) in [5, 5.41) is 6.65. The van der Waals surface area contributed by atoms with E-state index < -0.39 is 10.0 Å². The molecule has 2 rings (SSSR count). The van der Waals surface area contributed by atoms with Gasteiger partial charge < -0.3 is 9.84 Å². The van der Waals surface area contributed by atoms with E-state index in [1.54, 1.807) is 26.0 Å². The second-order valence-corrected chi connectivity index (χ2v) is 6.42. The predicted molar refractivity (Wildman–Crippen MR) is 77.0 cm³/mol. The molecule has 0 aliphatic heterocycles. The number of rotatable bonds is 6. The van der Waals surface area contributed by atoms with Gasteiger partial charge in [0.25, 0.3) is 0 Å². The van der Waals surface area contributed by atoms with Crippen molar-refractivity contribution in [2.24, 2.45) is 0 Å². The van der Waals surface area contributed by atoms with Gasteiger partial charge in [0.05, 0.1) is 11.4 Å². The Morgan fingerprint density at radius 2 is 2.00 bits per heavy atom. The van der Waals surface area contributed by atoms with Gasteiger partial charge in [-0.2, -0.15) is 4.98 Å². The maximum atomic E-state index is 12.4. The Labute approximate surface area is 123 Å². The van der Waals surface area contributed by atoms with Crippen molar-refractivity contribution in [3.63, 3.8) is 0 Å². The molecular formula is C13H18N4O3S. The quantitative estimate of drug-likeness (QED) is 0.822. The van der Waals surface area contributed by atoms with Crippen LogP contribution < -0.4 is 10.0 Å². The number of aromatic nitrogens is 2. The van der Waals surface area contributed by atoms with Crippen LogP contribution in [-0.2, 0) is 23.1 Å². The normalized spacial score (nSPS) is 11.8. The van der Waals surface area contributed by atoms with Gasteiger partial charge in [-0.3, -0.25) is 0 Å². The Morgan fingerprint density at radius 3 is 2.62 bits per heavy atom. The molecular weight excluding hydrogens is 292 g/mol. The number of aryl methyl sites for hydroxylation is 2. The van der Waals surface area contributed by atoms with Crippen LogP contribution in [0.1, 0.15) is 22.8 Å². The molecule has 0 aliphatic carbocycles. The fourth-order valence-electron chi connectivity index (χ4n) is 1.90. The van der Waals surface area contributed by atoms with E-state index in [4.69, 9.17) is 4.52 Å². The Hall–Kier alpha value is -1.77. The van der Waals surface area contributed by atoms with Crippen LogP contribution >= 0.6 is 0 Å². The third kappa shape index (κ3) is 3.87. The van der Waals surface area contributed by atoms with E-state index in [-0.39, 0.29) is 11.4 Å². The van der Waals surface area contributed by atoms with Crippen molar-refractivity contribution in [1.29, 1.82) is 0 Å². The average Bonchev–Trinajstić information content (AvgIpc) is 2.85. The molecule has 2 N–H and O–H groups in total. The lowest BCUT2D eigenvalue weighted by Gasteiger charge is -2.10. The summed E-state index contributed by atoms with van der Waals surface area (Å²) in [5.41, 5.74) is 1.59. The first-order valence-electron chi connectivity index (χ1n) is 6.45. The first-order valence-corrected chi connectivity index (χ1v) is 7.93. The third-order valence-corrected chi connectivity index (χ3v) is 4.46. The summed E-state index contributed by atoms with van der Waals surface area (Å²) >= 11 is 0. The molecule has 0 fully saturated rings. The summed E-state index contributed by atoms with van der Waals surface area (Å²) in [6, 6.07) is 5.35. The number of nitrogens with zero attached hydrogens (tertiary/aromatic N) is 2. The van der Waals surface area contributed by atoms with E-state index in [1.165, 1.54) is 0 Å². The zero-order valence-electron chi connectivity index (χ0n) is 12.2. The largest absolute Gasteiger partial charge is 0.340 e. The highest BCUT2D eigenvalue weighted by Gasteiger charge is 2.18. The number of nitrogens with one attached hydrogen (secondary N) is 2. The first kappa shape index (κ1) is 15.6. The smallest absolute Gasteiger partial charge is 0.241 e. The molecule has 21 heavy (non-hydrogen) atoms. The SMILES string of the molecule is CNCc1ccc(C)c(S(=O)(=O)NCc2noc(C)n2)c1. The number of benzene rings is 1. The second kappa shape index (κ2) is 6.33. The fraction of sp³-hybridized carbons (Fsp3) is 0.385. The summed E-state index contributed by atoms with van der Waals surface area (Å²) in [4.78, 5) is 4.22. The van der Waals surface area contributed by atoms with Crippen LogP contribution in [0.2, 0.25) is 0 Å². The molecule has 0 spiro atoms. The maximum Gasteiger partial charge on any atom is 0.241 e. The van der Waals surface area contributed by atoms with E-state index in [2.05, 4.69) is 20.2 Å². The molecule has 7 nitrogen and oxygen atoms in total. The molecule has 0 bridgehead atoms. The fourth-order valence-corrected chi connectivity index (χ4v) is 3.17. The van der Waals surface area contributed by atoms with Crippen LogP contribution in [0.3, 0.4) is 0 Å². The van der Waals surface area contributed by atoms with Crippen LogP contribution in [0.4, 0.5) is 0 Å². The van der Waals surface area contributed by atoms with Crippen LogP contribution in [-0.4, -0.2) is 25.6 Å². The van der Waals surface area contributed by atoms with Gasteiger partial charge in [-0.15, -0.1) is 0 Å². The monoisotopic (exact) mass is 310 g/mol. The van der Waals surface area contributed by atoms with E-state index in [1.807, 2.05) is 13.1 Å². The van der Waals surface area contributed by atoms with Gasteiger partial charge >= 0.3 is 0 Å². The lowest BCUT2D eigenvalue weighted by molar-refractivity contribution is 0.387. The molecule has 1 heterocycles. The van der Waals surface area contributed by atoms with Gasteiger partial charge in [0.15, 0.2) is 5.82 Å². The van der Waals surface area contributed by atoms with Gasteiger partial charge in [-0.1, -0.05) is 17.3 Å². The Bertz CT molecular complexity index is 725. The Balaban J connectivity index is 2.20. The molecule has 0 saturated heterocycles. The zero-order valence-corrected chi connectivity index (χ0v) is 13.0. The van der Waals surface area contributed by atoms with Crippen LogP contribution in [0.5, 0.6) is 0 Å². The molecule has 0 saturated carbocycles.